The molecule has 0 atom stereocenters. The second-order valence-electron chi connectivity index (χ2n) is 4.00. The summed E-state index contributed by atoms with van der Waals surface area (Å²) in [5, 5.41) is 0. The molecule has 9 heteroatoms. The number of nitrogen functional groups attached to an aromatic ring is 1. The first-order valence-electron chi connectivity index (χ1n) is 5.81. The number of nitrogens with one attached hydrogen (secondary N) is 1. The lowest BCUT2D eigenvalue weighted by Crippen LogP contribution is -2.28. The summed E-state index contributed by atoms with van der Waals surface area (Å²) < 4.78 is 33.4. The maximum atomic E-state index is 12.1. The first-order chi connectivity index (χ1) is 9.88. The number of halogens is 2. The number of thiophene rings is 1. The minimum absolute atomic E-state index is 0.173. The molecule has 5 nitrogen and oxygen atoms in total. The quantitative estimate of drug-likeness (QED) is 0.517. The Morgan fingerprint density at radius 1 is 1.24 bits per heavy atom. The fraction of sp³-hybridized carbons (Fsp3) is 0.167. The summed E-state index contributed by atoms with van der Waals surface area (Å²) in [6.45, 7) is 0.401. The van der Waals surface area contributed by atoms with Crippen LogP contribution in [-0.4, -0.2) is 21.6 Å². The number of sulfonamides is 1. The van der Waals surface area contributed by atoms with Gasteiger partial charge >= 0.3 is 0 Å². The average molecular weight is 456 g/mol. The molecule has 0 saturated heterocycles. The van der Waals surface area contributed by atoms with E-state index in [-0.39, 0.29) is 18.0 Å². The van der Waals surface area contributed by atoms with Crippen LogP contribution in [0.3, 0.4) is 0 Å². The fourth-order valence-corrected chi connectivity index (χ4v) is 6.32. The number of anilines is 1. The highest BCUT2D eigenvalue weighted by atomic mass is 79.9. The van der Waals surface area contributed by atoms with Gasteiger partial charge in [-0.05, 0) is 62.2 Å². The van der Waals surface area contributed by atoms with Crippen LogP contribution >= 0.6 is 43.2 Å². The van der Waals surface area contributed by atoms with Gasteiger partial charge in [0, 0.05) is 12.2 Å². The number of ether oxygens (including phenoxy) is 1. The zero-order valence-electron chi connectivity index (χ0n) is 10.7. The van der Waals surface area contributed by atoms with Crippen LogP contribution in [0, 0.1) is 0 Å². The van der Waals surface area contributed by atoms with E-state index < -0.39 is 10.0 Å². The molecule has 1 aromatic heterocycles. The van der Waals surface area contributed by atoms with Gasteiger partial charge in [-0.15, -0.1) is 11.3 Å². The third-order valence-electron chi connectivity index (χ3n) is 2.46. The van der Waals surface area contributed by atoms with Crippen molar-refractivity contribution in [3.05, 3.63) is 37.9 Å². The molecule has 0 unspecified atom stereocenters. The van der Waals surface area contributed by atoms with Crippen molar-refractivity contribution in [2.75, 3.05) is 18.9 Å². The number of benzene rings is 1. The van der Waals surface area contributed by atoms with E-state index in [9.17, 15) is 8.42 Å². The number of hydrogen-bond donors (Lipinski definition) is 2. The number of rotatable bonds is 6. The molecular weight excluding hydrogens is 444 g/mol. The molecule has 1 aromatic carbocycles. The van der Waals surface area contributed by atoms with E-state index in [1.54, 1.807) is 30.3 Å². The molecule has 3 N–H and O–H groups in total. The van der Waals surface area contributed by atoms with E-state index in [4.69, 9.17) is 10.5 Å². The third-order valence-corrected chi connectivity index (χ3v) is 6.67. The Morgan fingerprint density at radius 2 is 1.90 bits per heavy atom. The summed E-state index contributed by atoms with van der Waals surface area (Å²) in [6, 6.07) is 8.46. The summed E-state index contributed by atoms with van der Waals surface area (Å²) in [5.41, 5.74) is 6.21. The summed E-state index contributed by atoms with van der Waals surface area (Å²) in [7, 11) is -3.55. The van der Waals surface area contributed by atoms with Gasteiger partial charge in [-0.25, -0.2) is 13.1 Å². The second kappa shape index (κ2) is 7.10. The highest BCUT2D eigenvalue weighted by Gasteiger charge is 2.19. The van der Waals surface area contributed by atoms with Crippen LogP contribution in [0.5, 0.6) is 5.75 Å². The maximum absolute atomic E-state index is 12.1. The van der Waals surface area contributed by atoms with Crippen molar-refractivity contribution in [2.45, 2.75) is 4.90 Å². The van der Waals surface area contributed by atoms with Gasteiger partial charge in [0.05, 0.1) is 7.57 Å². The SMILES string of the molecule is Nc1ccc(OCCNS(=O)(=O)c2cc(Br)sc2Br)cc1. The summed E-state index contributed by atoms with van der Waals surface area (Å²) in [5.74, 6) is 0.642. The van der Waals surface area contributed by atoms with Gasteiger partial charge in [-0.2, -0.15) is 0 Å². The van der Waals surface area contributed by atoms with Crippen LogP contribution in [-0.2, 0) is 10.0 Å². The van der Waals surface area contributed by atoms with Crippen molar-refractivity contribution < 1.29 is 13.2 Å². The van der Waals surface area contributed by atoms with Gasteiger partial charge in [-0.3, -0.25) is 0 Å². The molecule has 0 aliphatic rings. The molecule has 1 heterocycles. The molecule has 21 heavy (non-hydrogen) atoms. The minimum atomic E-state index is -3.55. The van der Waals surface area contributed by atoms with E-state index in [2.05, 4.69) is 36.6 Å². The smallest absolute Gasteiger partial charge is 0.242 e. The van der Waals surface area contributed by atoms with E-state index in [0.29, 0.717) is 15.2 Å². The van der Waals surface area contributed by atoms with Crippen molar-refractivity contribution >= 4 is 58.9 Å². The molecule has 0 fully saturated rings. The van der Waals surface area contributed by atoms with E-state index in [0.717, 1.165) is 3.79 Å². The number of nitrogens with two attached hydrogens (primary N) is 1. The lowest BCUT2D eigenvalue weighted by molar-refractivity contribution is 0.323. The van der Waals surface area contributed by atoms with Crippen molar-refractivity contribution in [1.82, 2.24) is 4.72 Å². The molecule has 2 aromatic rings. The van der Waals surface area contributed by atoms with Gasteiger partial charge < -0.3 is 10.5 Å². The summed E-state index contributed by atoms with van der Waals surface area (Å²) in [6.07, 6.45) is 0. The zero-order chi connectivity index (χ0) is 15.5. The monoisotopic (exact) mass is 454 g/mol. The van der Waals surface area contributed by atoms with Crippen LogP contribution in [0.1, 0.15) is 0 Å². The van der Waals surface area contributed by atoms with Crippen LogP contribution in [0.25, 0.3) is 0 Å². The molecular formula is C12H12Br2N2O3S2. The van der Waals surface area contributed by atoms with E-state index >= 15 is 0 Å². The normalized spacial score (nSPS) is 11.5. The first kappa shape index (κ1) is 16.8. The summed E-state index contributed by atoms with van der Waals surface area (Å²) in [4.78, 5) is 0.215. The molecule has 114 valence electrons. The highest BCUT2D eigenvalue weighted by Crippen LogP contribution is 2.34. The van der Waals surface area contributed by atoms with Gasteiger partial charge in [0.25, 0.3) is 0 Å². The standard InChI is InChI=1S/C12H12Br2N2O3S2/c13-11-7-10(12(14)20-11)21(17,18)16-5-6-19-9-3-1-8(15)2-4-9/h1-4,7,16H,5-6,15H2. The maximum Gasteiger partial charge on any atom is 0.242 e. The van der Waals surface area contributed by atoms with Gasteiger partial charge in [0.2, 0.25) is 10.0 Å². The van der Waals surface area contributed by atoms with Crippen molar-refractivity contribution in [2.24, 2.45) is 0 Å². The fourth-order valence-electron chi connectivity index (χ4n) is 1.50. The highest BCUT2D eigenvalue weighted by molar-refractivity contribution is 9.12. The molecule has 0 radical (unpaired) electrons. The zero-order valence-corrected chi connectivity index (χ0v) is 15.5. The van der Waals surface area contributed by atoms with Crippen LogP contribution < -0.4 is 15.2 Å². The first-order valence-corrected chi connectivity index (χ1v) is 9.70. The predicted molar refractivity (Wildman–Crippen MR) is 91.3 cm³/mol. The van der Waals surface area contributed by atoms with Gasteiger partial charge in [0.15, 0.2) is 0 Å². The lowest BCUT2D eigenvalue weighted by atomic mass is 10.3. The molecule has 0 aliphatic carbocycles. The predicted octanol–water partition coefficient (Wildman–Crippen LogP) is 3.21. The lowest BCUT2D eigenvalue weighted by Gasteiger charge is -2.08. The molecule has 0 spiro atoms. The summed E-state index contributed by atoms with van der Waals surface area (Å²) >= 11 is 7.79. The Hall–Kier alpha value is -0.610. The Balaban J connectivity index is 1.88. The third kappa shape index (κ3) is 4.68. The van der Waals surface area contributed by atoms with E-state index in [1.807, 2.05) is 0 Å². The van der Waals surface area contributed by atoms with Crippen molar-refractivity contribution in [3.63, 3.8) is 0 Å². The average Bonchev–Trinajstić information content (AvgIpc) is 2.77. The molecule has 0 aliphatic heterocycles. The Kier molecular flexibility index (Phi) is 5.67. The van der Waals surface area contributed by atoms with Crippen molar-refractivity contribution in [3.8, 4) is 5.75 Å². The molecule has 0 amide bonds. The van der Waals surface area contributed by atoms with Gasteiger partial charge in [-0.1, -0.05) is 0 Å². The number of hydrogen-bond acceptors (Lipinski definition) is 5. The topological polar surface area (TPSA) is 81.4 Å². The molecule has 0 bridgehead atoms. The van der Waals surface area contributed by atoms with Crippen molar-refractivity contribution in [1.29, 1.82) is 0 Å². The van der Waals surface area contributed by atoms with Crippen LogP contribution in [0.2, 0.25) is 0 Å². The molecule has 2 rings (SSSR count). The van der Waals surface area contributed by atoms with Crippen LogP contribution in [0.15, 0.2) is 42.8 Å². The Morgan fingerprint density at radius 3 is 2.48 bits per heavy atom. The largest absolute Gasteiger partial charge is 0.492 e. The second-order valence-corrected chi connectivity index (χ2v) is 9.49. The van der Waals surface area contributed by atoms with Gasteiger partial charge in [0.1, 0.15) is 17.3 Å². The Labute approximate surface area is 143 Å². The van der Waals surface area contributed by atoms with Crippen LogP contribution in [0.4, 0.5) is 5.69 Å². The van der Waals surface area contributed by atoms with E-state index in [1.165, 1.54) is 11.3 Å². The minimum Gasteiger partial charge on any atom is -0.492 e. The Bertz CT molecular complexity index is 715. The molecule has 0 saturated carbocycles.